The van der Waals surface area contributed by atoms with Gasteiger partial charge in [0.25, 0.3) is 0 Å². The van der Waals surface area contributed by atoms with Crippen LogP contribution in [-0.2, 0) is 17.6 Å². The Bertz CT molecular complexity index is 1710. The predicted octanol–water partition coefficient (Wildman–Crippen LogP) is 7.04. The van der Waals surface area contributed by atoms with E-state index in [9.17, 15) is 18.0 Å². The van der Waals surface area contributed by atoms with E-state index in [1.807, 2.05) is 49.4 Å². The summed E-state index contributed by atoms with van der Waals surface area (Å²) < 4.78 is 42.7. The van der Waals surface area contributed by atoms with E-state index in [-0.39, 0.29) is 11.7 Å². The van der Waals surface area contributed by atoms with E-state index >= 15 is 0 Å². The number of amides is 1. The molecule has 1 aromatic heterocycles. The molecule has 1 aliphatic rings. The molecule has 0 unspecified atom stereocenters. The molecule has 13 heteroatoms. The first-order chi connectivity index (χ1) is 21.6. The topological polar surface area (TPSA) is 84.6 Å². The van der Waals surface area contributed by atoms with Crippen LogP contribution in [0.5, 0.6) is 5.75 Å². The number of nitrogens with one attached hydrogen (secondary N) is 1. The third-order valence-electron chi connectivity index (χ3n) is 7.07. The van der Waals surface area contributed by atoms with Gasteiger partial charge in [0.2, 0.25) is 5.91 Å². The van der Waals surface area contributed by atoms with Gasteiger partial charge in [-0.05, 0) is 91.8 Å². The number of thioether (sulfide) groups is 1. The summed E-state index contributed by atoms with van der Waals surface area (Å²) in [5.74, 6) is 0.543. The van der Waals surface area contributed by atoms with E-state index in [1.54, 1.807) is 4.90 Å². The molecule has 1 amide bonds. The molecule has 234 valence electrons. The number of rotatable bonds is 10. The highest BCUT2D eigenvalue weighted by Crippen LogP contribution is 2.33. The Morgan fingerprint density at radius 1 is 1.11 bits per heavy atom. The van der Waals surface area contributed by atoms with Crippen molar-refractivity contribution in [1.29, 1.82) is 0 Å². The summed E-state index contributed by atoms with van der Waals surface area (Å²) in [5.41, 5.74) is 5.54. The number of anilines is 1. The summed E-state index contributed by atoms with van der Waals surface area (Å²) in [4.78, 5) is 23.4. The second-order valence-electron chi connectivity index (χ2n) is 10.3. The number of nitrogens with zero attached hydrogens (tertiary/aromatic N) is 5. The third kappa shape index (κ3) is 8.28. The molecular weight excluding hydrogens is 622 g/mol. The SMILES string of the molecule is CCc1cccc(C)c1N1C(=O)CS/C1=N\C(=S)NCCCCc1cccc(-c2ncn(-c3ccc(OC(F)(F)F)cc3)n2)c1. The molecule has 5 rings (SSSR count). The van der Waals surface area contributed by atoms with Crippen molar-refractivity contribution in [1.82, 2.24) is 20.1 Å². The zero-order valence-electron chi connectivity index (χ0n) is 24.7. The van der Waals surface area contributed by atoms with Gasteiger partial charge in [0, 0.05) is 12.1 Å². The minimum absolute atomic E-state index is 0.00311. The predicted molar refractivity (Wildman–Crippen MR) is 175 cm³/mol. The summed E-state index contributed by atoms with van der Waals surface area (Å²) in [7, 11) is 0. The maximum absolute atomic E-state index is 12.8. The molecule has 0 saturated carbocycles. The van der Waals surface area contributed by atoms with Crippen LogP contribution < -0.4 is 15.0 Å². The second kappa shape index (κ2) is 14.2. The number of halogens is 3. The van der Waals surface area contributed by atoms with Crippen LogP contribution >= 0.6 is 24.0 Å². The molecule has 1 N–H and O–H groups in total. The van der Waals surface area contributed by atoms with Crippen molar-refractivity contribution in [3.63, 3.8) is 0 Å². The van der Waals surface area contributed by atoms with Crippen LogP contribution in [0.25, 0.3) is 17.1 Å². The largest absolute Gasteiger partial charge is 0.573 e. The highest BCUT2D eigenvalue weighted by molar-refractivity contribution is 8.15. The molecule has 0 bridgehead atoms. The molecule has 1 aliphatic heterocycles. The van der Waals surface area contributed by atoms with Crippen LogP contribution in [0.15, 0.2) is 78.0 Å². The lowest BCUT2D eigenvalue weighted by molar-refractivity contribution is -0.274. The Labute approximate surface area is 268 Å². The van der Waals surface area contributed by atoms with Gasteiger partial charge in [-0.15, -0.1) is 18.3 Å². The summed E-state index contributed by atoms with van der Waals surface area (Å²) >= 11 is 6.89. The van der Waals surface area contributed by atoms with Crippen molar-refractivity contribution in [2.75, 3.05) is 17.2 Å². The van der Waals surface area contributed by atoms with Crippen molar-refractivity contribution in [2.24, 2.45) is 4.99 Å². The molecule has 0 radical (unpaired) electrons. The molecule has 8 nitrogen and oxygen atoms in total. The summed E-state index contributed by atoms with van der Waals surface area (Å²) in [6.07, 6.45) is 0.194. The molecule has 3 aromatic carbocycles. The first-order valence-electron chi connectivity index (χ1n) is 14.4. The monoisotopic (exact) mass is 652 g/mol. The molecule has 45 heavy (non-hydrogen) atoms. The maximum atomic E-state index is 12.8. The van der Waals surface area contributed by atoms with Crippen LogP contribution in [0, 0.1) is 6.92 Å². The molecule has 2 heterocycles. The normalized spacial score (nSPS) is 14.3. The van der Waals surface area contributed by atoms with Gasteiger partial charge in [0.15, 0.2) is 16.1 Å². The zero-order valence-corrected chi connectivity index (χ0v) is 26.3. The molecule has 1 fully saturated rings. The van der Waals surface area contributed by atoms with Crippen LogP contribution in [-0.4, -0.2) is 49.6 Å². The highest BCUT2D eigenvalue weighted by atomic mass is 32.2. The molecular formula is C32H31F3N6O2S2. The summed E-state index contributed by atoms with van der Waals surface area (Å²) in [5, 5.41) is 8.65. The van der Waals surface area contributed by atoms with E-state index in [1.165, 1.54) is 47.0 Å². The zero-order chi connectivity index (χ0) is 32.0. The summed E-state index contributed by atoms with van der Waals surface area (Å²) in [6.45, 7) is 4.72. The van der Waals surface area contributed by atoms with Gasteiger partial charge in [-0.1, -0.05) is 55.1 Å². The minimum atomic E-state index is -4.74. The lowest BCUT2D eigenvalue weighted by Gasteiger charge is -2.22. The van der Waals surface area contributed by atoms with E-state index < -0.39 is 6.36 Å². The number of amidine groups is 1. The minimum Gasteiger partial charge on any atom is -0.406 e. The number of thiocarbonyl (C=S) groups is 1. The number of para-hydroxylation sites is 1. The molecule has 1 saturated heterocycles. The number of carbonyl (C=O) groups is 1. The Hall–Kier alpha value is -4.23. The van der Waals surface area contributed by atoms with Crippen LogP contribution in [0.2, 0.25) is 0 Å². The third-order valence-corrected chi connectivity index (χ3v) is 8.23. The van der Waals surface area contributed by atoms with Crippen molar-refractivity contribution in [3.05, 3.63) is 89.7 Å². The van der Waals surface area contributed by atoms with Gasteiger partial charge in [-0.2, -0.15) is 4.99 Å². The fraction of sp³-hybridized carbons (Fsp3) is 0.281. The van der Waals surface area contributed by atoms with Crippen LogP contribution in [0.1, 0.15) is 36.5 Å². The Kier molecular flexibility index (Phi) is 10.2. The van der Waals surface area contributed by atoms with E-state index in [0.29, 0.717) is 34.1 Å². The van der Waals surface area contributed by atoms with Gasteiger partial charge < -0.3 is 10.1 Å². The smallest absolute Gasteiger partial charge is 0.406 e. The van der Waals surface area contributed by atoms with Crippen LogP contribution in [0.3, 0.4) is 0 Å². The van der Waals surface area contributed by atoms with Crippen molar-refractivity contribution in [2.45, 2.75) is 45.9 Å². The van der Waals surface area contributed by atoms with E-state index in [0.717, 1.165) is 53.6 Å². The number of aromatic nitrogens is 3. The quantitative estimate of drug-likeness (QED) is 0.145. The van der Waals surface area contributed by atoms with Crippen molar-refractivity contribution >= 4 is 45.9 Å². The number of aliphatic imine (C=N–C) groups is 1. The number of ether oxygens (including phenoxy) is 1. The number of aryl methyl sites for hydroxylation is 3. The first-order valence-corrected chi connectivity index (χ1v) is 15.8. The average molecular weight is 653 g/mol. The number of benzene rings is 3. The number of alkyl halides is 3. The van der Waals surface area contributed by atoms with E-state index in [2.05, 4.69) is 32.1 Å². The fourth-order valence-electron chi connectivity index (χ4n) is 4.95. The average Bonchev–Trinajstić information content (AvgIpc) is 3.64. The van der Waals surface area contributed by atoms with Gasteiger partial charge in [0.1, 0.15) is 12.1 Å². The summed E-state index contributed by atoms with van der Waals surface area (Å²) in [6, 6.07) is 19.4. The number of unbranched alkanes of at least 4 members (excludes halogenated alkanes) is 1. The van der Waals surface area contributed by atoms with Gasteiger partial charge >= 0.3 is 6.36 Å². The molecule has 0 spiro atoms. The van der Waals surface area contributed by atoms with Crippen molar-refractivity contribution in [3.8, 4) is 22.8 Å². The van der Waals surface area contributed by atoms with Crippen molar-refractivity contribution < 1.29 is 22.7 Å². The maximum Gasteiger partial charge on any atom is 0.573 e. The molecule has 4 aromatic rings. The van der Waals surface area contributed by atoms with Crippen LogP contribution in [0.4, 0.5) is 18.9 Å². The number of carbonyl (C=O) groups excluding carboxylic acids is 1. The Balaban J connectivity index is 1.12. The number of hydrogen-bond donors (Lipinski definition) is 1. The number of hydrogen-bond acceptors (Lipinski definition) is 6. The van der Waals surface area contributed by atoms with Gasteiger partial charge in [0.05, 0.1) is 17.1 Å². The lowest BCUT2D eigenvalue weighted by Crippen LogP contribution is -2.32. The molecule has 0 aliphatic carbocycles. The van der Waals surface area contributed by atoms with E-state index in [4.69, 9.17) is 12.2 Å². The molecule has 0 atom stereocenters. The highest BCUT2D eigenvalue weighted by Gasteiger charge is 2.32. The Morgan fingerprint density at radius 2 is 1.89 bits per heavy atom. The second-order valence-corrected chi connectivity index (χ2v) is 11.6. The fourth-order valence-corrected chi connectivity index (χ4v) is 6.06. The Morgan fingerprint density at radius 3 is 2.64 bits per heavy atom. The van der Waals surface area contributed by atoms with Gasteiger partial charge in [-0.3, -0.25) is 9.69 Å². The standard InChI is InChI=1S/C32H31F3N6O2S2/c1-3-23-11-6-8-21(2)28(23)41-27(42)19-45-31(41)38-30(44)36-17-5-4-9-22-10-7-12-24(18-22)29-37-20-40(39-29)25-13-15-26(16-14-25)43-32(33,34)35/h6-8,10-16,18,20H,3-5,9,17,19H2,1-2H3,(H,36,44)/b38-31-. The first kappa shape index (κ1) is 32.2. The van der Waals surface area contributed by atoms with Gasteiger partial charge in [-0.25, -0.2) is 9.67 Å². The lowest BCUT2D eigenvalue weighted by atomic mass is 10.0.